The number of nitrogens with zero attached hydrogens (tertiary/aromatic N) is 4. The van der Waals surface area contributed by atoms with Gasteiger partial charge in [-0.15, -0.1) is 10.2 Å². The number of thioether (sulfide) groups is 1. The van der Waals surface area contributed by atoms with E-state index in [1.54, 1.807) is 22.6 Å². The first-order chi connectivity index (χ1) is 13.4. The van der Waals surface area contributed by atoms with Crippen LogP contribution in [0.5, 0.6) is 0 Å². The third-order valence-corrected chi connectivity index (χ3v) is 5.36. The van der Waals surface area contributed by atoms with Crippen LogP contribution in [0.1, 0.15) is 26.7 Å². The van der Waals surface area contributed by atoms with Crippen molar-refractivity contribution in [3.63, 3.8) is 0 Å². The molecule has 1 atom stereocenters. The molecule has 0 unspecified atom stereocenters. The van der Waals surface area contributed by atoms with Crippen LogP contribution in [0.4, 0.5) is 0 Å². The molecule has 2 heterocycles. The van der Waals surface area contributed by atoms with Crippen molar-refractivity contribution in [2.75, 3.05) is 5.75 Å². The van der Waals surface area contributed by atoms with Gasteiger partial charge in [0.15, 0.2) is 5.16 Å². The quantitative estimate of drug-likeness (QED) is 0.540. The highest BCUT2D eigenvalue weighted by Crippen LogP contribution is 2.21. The number of carbonyl (C=O) groups is 2. The number of fused-ring (bicyclic) bond motifs is 3. The van der Waals surface area contributed by atoms with Crippen molar-refractivity contribution in [2.45, 2.75) is 44.4 Å². The van der Waals surface area contributed by atoms with Gasteiger partial charge in [-0.3, -0.25) is 23.4 Å². The van der Waals surface area contributed by atoms with Gasteiger partial charge in [0.1, 0.15) is 0 Å². The van der Waals surface area contributed by atoms with E-state index >= 15 is 0 Å². The average molecular weight is 402 g/mol. The normalized spacial score (nSPS) is 12.4. The standard InChI is InChI=1S/C18H22N6O3S/c1-3-11(2)20-15(26)8-9-23-16(27)12-6-4-5-7-13(12)24-17(23)21-22-18(24)28-10-14(19)25/h4-7,11H,3,8-10H2,1-2H3,(H2,19,25)(H,20,26)/t11-/m0/s1. The third-order valence-electron chi connectivity index (χ3n) is 4.40. The summed E-state index contributed by atoms with van der Waals surface area (Å²) in [5.74, 6) is -0.227. The van der Waals surface area contributed by atoms with Crippen molar-refractivity contribution in [2.24, 2.45) is 5.73 Å². The molecule has 0 bridgehead atoms. The van der Waals surface area contributed by atoms with Crippen LogP contribution < -0.4 is 16.6 Å². The highest BCUT2D eigenvalue weighted by Gasteiger charge is 2.18. The van der Waals surface area contributed by atoms with E-state index in [2.05, 4.69) is 15.5 Å². The number of benzene rings is 1. The van der Waals surface area contributed by atoms with Crippen molar-refractivity contribution in [1.29, 1.82) is 0 Å². The fourth-order valence-electron chi connectivity index (χ4n) is 2.83. The molecule has 3 aromatic rings. The van der Waals surface area contributed by atoms with Gasteiger partial charge in [-0.1, -0.05) is 30.8 Å². The second-order valence-corrected chi connectivity index (χ2v) is 7.42. The number of carbonyl (C=O) groups excluding carboxylic acids is 2. The van der Waals surface area contributed by atoms with Crippen molar-refractivity contribution < 1.29 is 9.59 Å². The van der Waals surface area contributed by atoms with E-state index < -0.39 is 5.91 Å². The molecule has 0 saturated heterocycles. The molecule has 0 aliphatic carbocycles. The smallest absolute Gasteiger partial charge is 0.262 e. The lowest BCUT2D eigenvalue weighted by Crippen LogP contribution is -2.33. The maximum atomic E-state index is 13.0. The maximum absolute atomic E-state index is 13.0. The Hall–Kier alpha value is -2.88. The van der Waals surface area contributed by atoms with E-state index in [9.17, 15) is 14.4 Å². The molecule has 148 valence electrons. The van der Waals surface area contributed by atoms with Crippen LogP contribution in [-0.4, -0.2) is 42.8 Å². The van der Waals surface area contributed by atoms with Gasteiger partial charge in [-0.2, -0.15) is 0 Å². The van der Waals surface area contributed by atoms with Gasteiger partial charge < -0.3 is 11.1 Å². The van der Waals surface area contributed by atoms with Gasteiger partial charge in [-0.25, -0.2) is 0 Å². The van der Waals surface area contributed by atoms with Crippen molar-refractivity contribution in [3.8, 4) is 0 Å². The van der Waals surface area contributed by atoms with Gasteiger partial charge in [-0.05, 0) is 25.5 Å². The molecule has 0 fully saturated rings. The Bertz CT molecular complexity index is 1090. The number of amides is 2. The molecule has 28 heavy (non-hydrogen) atoms. The molecule has 0 aliphatic heterocycles. The SMILES string of the molecule is CC[C@H](C)NC(=O)CCn1c(=O)c2ccccc2n2c(SCC(N)=O)nnc12. The Balaban J connectivity index is 2.04. The molecule has 2 amide bonds. The molecule has 0 radical (unpaired) electrons. The molecule has 0 aliphatic rings. The highest BCUT2D eigenvalue weighted by atomic mass is 32.2. The molecule has 1 aromatic carbocycles. The van der Waals surface area contributed by atoms with Gasteiger partial charge in [0, 0.05) is 19.0 Å². The van der Waals surface area contributed by atoms with Gasteiger partial charge >= 0.3 is 0 Å². The summed E-state index contributed by atoms with van der Waals surface area (Å²) in [7, 11) is 0. The van der Waals surface area contributed by atoms with E-state index in [4.69, 9.17) is 5.73 Å². The minimum atomic E-state index is -0.471. The molecule has 9 nitrogen and oxygen atoms in total. The van der Waals surface area contributed by atoms with E-state index in [1.165, 1.54) is 4.57 Å². The van der Waals surface area contributed by atoms with Gasteiger partial charge in [0.05, 0.1) is 16.7 Å². The Kier molecular flexibility index (Phi) is 5.98. The number of para-hydroxylation sites is 1. The van der Waals surface area contributed by atoms with Crippen molar-refractivity contribution in [1.82, 2.24) is 24.5 Å². The minimum absolute atomic E-state index is 0.0472. The highest BCUT2D eigenvalue weighted by molar-refractivity contribution is 7.99. The van der Waals surface area contributed by atoms with Crippen LogP contribution >= 0.6 is 11.8 Å². The number of aryl methyl sites for hydroxylation is 1. The zero-order valence-electron chi connectivity index (χ0n) is 15.7. The predicted octanol–water partition coefficient (Wildman–Crippen LogP) is 0.926. The second kappa shape index (κ2) is 8.42. The fourth-order valence-corrected chi connectivity index (χ4v) is 3.51. The lowest BCUT2D eigenvalue weighted by Gasteiger charge is -2.13. The Morgan fingerprint density at radius 1 is 1.29 bits per heavy atom. The molecule has 3 rings (SSSR count). The first-order valence-corrected chi connectivity index (χ1v) is 9.98. The van der Waals surface area contributed by atoms with Crippen molar-refractivity contribution in [3.05, 3.63) is 34.6 Å². The number of hydrogen-bond acceptors (Lipinski definition) is 6. The zero-order chi connectivity index (χ0) is 20.3. The summed E-state index contributed by atoms with van der Waals surface area (Å²) in [5.41, 5.74) is 5.64. The van der Waals surface area contributed by atoms with Crippen molar-refractivity contribution >= 4 is 40.3 Å². The van der Waals surface area contributed by atoms with Crippen LogP contribution in [0.2, 0.25) is 0 Å². The lowest BCUT2D eigenvalue weighted by atomic mass is 10.2. The summed E-state index contributed by atoms with van der Waals surface area (Å²) in [6.45, 7) is 4.09. The lowest BCUT2D eigenvalue weighted by molar-refractivity contribution is -0.122. The first kappa shape index (κ1) is 19.9. The van der Waals surface area contributed by atoms with Gasteiger partial charge in [0.2, 0.25) is 17.6 Å². The number of rotatable bonds is 8. The minimum Gasteiger partial charge on any atom is -0.369 e. The summed E-state index contributed by atoms with van der Waals surface area (Å²) < 4.78 is 3.16. The maximum Gasteiger partial charge on any atom is 0.262 e. The van der Waals surface area contributed by atoms with Gasteiger partial charge in [0.25, 0.3) is 5.56 Å². The Morgan fingerprint density at radius 2 is 2.04 bits per heavy atom. The first-order valence-electron chi connectivity index (χ1n) is 8.99. The molecular weight excluding hydrogens is 380 g/mol. The largest absolute Gasteiger partial charge is 0.369 e. The van der Waals surface area contributed by atoms with Crippen LogP contribution in [-0.2, 0) is 16.1 Å². The van der Waals surface area contributed by atoms with E-state index in [1.807, 2.05) is 19.9 Å². The van der Waals surface area contributed by atoms with E-state index in [0.29, 0.717) is 21.8 Å². The molecule has 10 heteroatoms. The number of nitrogens with one attached hydrogen (secondary N) is 1. The predicted molar refractivity (Wildman–Crippen MR) is 107 cm³/mol. The molecule has 3 N–H and O–H groups in total. The average Bonchev–Trinajstić information content (AvgIpc) is 3.10. The van der Waals surface area contributed by atoms with Crippen LogP contribution in [0.3, 0.4) is 0 Å². The number of primary amides is 1. The third kappa shape index (κ3) is 4.01. The fraction of sp³-hybridized carbons (Fsp3) is 0.389. The Morgan fingerprint density at radius 3 is 2.75 bits per heavy atom. The van der Waals surface area contributed by atoms with Crippen LogP contribution in [0, 0.1) is 0 Å². The second-order valence-electron chi connectivity index (χ2n) is 6.47. The zero-order valence-corrected chi connectivity index (χ0v) is 16.5. The Labute approximate surface area is 165 Å². The van der Waals surface area contributed by atoms with E-state index in [-0.39, 0.29) is 36.2 Å². The van der Waals surface area contributed by atoms with E-state index in [0.717, 1.165) is 18.2 Å². The summed E-state index contributed by atoms with van der Waals surface area (Å²) >= 11 is 1.15. The molecule has 0 spiro atoms. The van der Waals surface area contributed by atoms with Crippen LogP contribution in [0.25, 0.3) is 16.7 Å². The topological polar surface area (TPSA) is 124 Å². The number of aromatic nitrogens is 4. The monoisotopic (exact) mass is 402 g/mol. The molecule has 2 aromatic heterocycles. The summed E-state index contributed by atoms with van der Waals surface area (Å²) in [4.78, 5) is 36.3. The summed E-state index contributed by atoms with van der Waals surface area (Å²) in [5, 5.41) is 12.1. The molecule has 0 saturated carbocycles. The summed E-state index contributed by atoms with van der Waals surface area (Å²) in [6.07, 6.45) is 0.978. The summed E-state index contributed by atoms with van der Waals surface area (Å²) in [6, 6.07) is 7.17. The molecular formula is C18H22N6O3S. The van der Waals surface area contributed by atoms with Crippen LogP contribution in [0.15, 0.2) is 34.2 Å². The number of hydrogen-bond donors (Lipinski definition) is 2. The number of nitrogens with two attached hydrogens (primary N) is 1.